The molecule has 0 radical (unpaired) electrons. The number of ketones is 1. The van der Waals surface area contributed by atoms with Crippen molar-refractivity contribution < 1.29 is 28.9 Å². The Labute approximate surface area is 231 Å². The fraction of sp³-hybridized carbons (Fsp3) is 0.500. The lowest BCUT2D eigenvalue weighted by Gasteiger charge is -2.38. The monoisotopic (exact) mass is 568 g/mol. The highest BCUT2D eigenvalue weighted by Crippen LogP contribution is 2.53. The van der Waals surface area contributed by atoms with E-state index in [1.165, 1.54) is 30.3 Å². The summed E-state index contributed by atoms with van der Waals surface area (Å²) in [5.74, 6) is -3.14. The Morgan fingerprint density at radius 1 is 1.24 bits per heavy atom. The second-order valence-electron chi connectivity index (χ2n) is 10.6. The van der Waals surface area contributed by atoms with Gasteiger partial charge in [0.1, 0.15) is 22.8 Å². The van der Waals surface area contributed by atoms with E-state index >= 15 is 8.78 Å². The zero-order valence-corrected chi connectivity index (χ0v) is 22.7. The molecule has 0 unspecified atom stereocenters. The van der Waals surface area contributed by atoms with Gasteiger partial charge in [-0.15, -0.1) is 0 Å². The number of hydrogen-bond acceptors (Lipinski definition) is 6. The van der Waals surface area contributed by atoms with Crippen molar-refractivity contribution in [3.05, 3.63) is 69.2 Å². The Morgan fingerprint density at radius 2 is 1.95 bits per heavy atom. The topological polar surface area (TPSA) is 114 Å². The number of Topliss-reactive ketones (excluding diaryl/α,β-unsaturated/α-hetero) is 1. The highest BCUT2D eigenvalue weighted by molar-refractivity contribution is 6.31. The van der Waals surface area contributed by atoms with Gasteiger partial charge in [0, 0.05) is 35.6 Å². The number of aliphatic hydroxyl groups excluding tert-OH is 3. The van der Waals surface area contributed by atoms with Gasteiger partial charge in [-0.1, -0.05) is 55.2 Å². The van der Waals surface area contributed by atoms with Crippen LogP contribution in [0.5, 0.6) is 0 Å². The van der Waals surface area contributed by atoms with Crippen LogP contribution < -0.4 is 5.32 Å². The second-order valence-corrected chi connectivity index (χ2v) is 11.5. The number of benzene rings is 2. The van der Waals surface area contributed by atoms with E-state index in [2.05, 4.69) is 11.4 Å². The number of nitrogens with one attached hydrogen (secondary N) is 1. The van der Waals surface area contributed by atoms with E-state index in [4.69, 9.17) is 28.3 Å². The first-order valence-corrected chi connectivity index (χ1v) is 13.2. The fourth-order valence-electron chi connectivity index (χ4n) is 5.37. The van der Waals surface area contributed by atoms with Crippen molar-refractivity contribution in [2.45, 2.75) is 69.1 Å². The van der Waals surface area contributed by atoms with Gasteiger partial charge in [0.05, 0.1) is 29.8 Å². The summed E-state index contributed by atoms with van der Waals surface area (Å²) in [6.45, 7) is 2.85. The molecule has 4 N–H and O–H groups in total. The van der Waals surface area contributed by atoms with E-state index in [9.17, 15) is 20.3 Å². The lowest BCUT2D eigenvalue weighted by molar-refractivity contribution is -0.121. The highest BCUT2D eigenvalue weighted by Gasteiger charge is 2.61. The third-order valence-corrected chi connectivity index (χ3v) is 7.86. The lowest BCUT2D eigenvalue weighted by atomic mass is 9.62. The van der Waals surface area contributed by atoms with Gasteiger partial charge in [0.25, 0.3) is 0 Å². The average Bonchev–Trinajstić information content (AvgIpc) is 3.19. The number of carbonyl (C=O) groups is 1. The van der Waals surface area contributed by atoms with Crippen molar-refractivity contribution in [2.75, 3.05) is 13.2 Å². The molecule has 2 aromatic rings. The molecule has 0 spiro atoms. The maximum Gasteiger partial charge on any atom is 0.150 e. The quantitative estimate of drug-likeness (QED) is 0.313. The molecule has 2 aromatic carbocycles. The van der Waals surface area contributed by atoms with E-state index in [1.54, 1.807) is 13.8 Å². The Balaban J connectivity index is 2.25. The molecule has 6 nitrogen and oxygen atoms in total. The van der Waals surface area contributed by atoms with Gasteiger partial charge in [-0.25, -0.2) is 8.78 Å². The summed E-state index contributed by atoms with van der Waals surface area (Å²) >= 11 is 12.1. The molecule has 0 saturated carbocycles. The Bertz CT molecular complexity index is 1210. The van der Waals surface area contributed by atoms with Crippen LogP contribution in [0.25, 0.3) is 0 Å². The molecular formula is C28H32Cl2F2N2O4. The van der Waals surface area contributed by atoms with Crippen molar-refractivity contribution in [1.82, 2.24) is 5.32 Å². The van der Waals surface area contributed by atoms with Gasteiger partial charge in [-0.05, 0) is 48.4 Å². The SMILES string of the molecule is CC(C)(CO)C[C@@H]1N[C@@H](C(=O)CCC[C@H](O)CO)[C@H](c2cccc(Cl)c2F)[C@@]1(C#N)c1ccc(Cl)cc1F. The average molecular weight is 569 g/mol. The summed E-state index contributed by atoms with van der Waals surface area (Å²) in [5.41, 5.74) is -2.58. The predicted octanol–water partition coefficient (Wildman–Crippen LogP) is 4.66. The van der Waals surface area contributed by atoms with Crippen LogP contribution in [0.2, 0.25) is 10.0 Å². The van der Waals surface area contributed by atoms with Crippen LogP contribution in [0.1, 0.15) is 56.6 Å². The normalized spacial score (nSPS) is 24.3. The minimum atomic E-state index is -1.78. The van der Waals surface area contributed by atoms with Crippen molar-refractivity contribution in [1.29, 1.82) is 5.26 Å². The molecule has 38 heavy (non-hydrogen) atoms. The number of halogens is 4. The first-order chi connectivity index (χ1) is 17.9. The maximum atomic E-state index is 15.6. The molecular weight excluding hydrogens is 537 g/mol. The van der Waals surface area contributed by atoms with E-state index in [1.807, 2.05) is 0 Å². The van der Waals surface area contributed by atoms with Crippen LogP contribution >= 0.6 is 23.2 Å². The summed E-state index contributed by atoms with van der Waals surface area (Å²) in [6, 6.07) is 8.44. The Kier molecular flexibility index (Phi) is 9.91. The van der Waals surface area contributed by atoms with Gasteiger partial charge in [-0.2, -0.15) is 5.26 Å². The lowest BCUT2D eigenvalue weighted by Crippen LogP contribution is -2.45. The maximum absolute atomic E-state index is 15.6. The smallest absolute Gasteiger partial charge is 0.150 e. The highest BCUT2D eigenvalue weighted by atomic mass is 35.5. The summed E-state index contributed by atoms with van der Waals surface area (Å²) in [7, 11) is 0. The van der Waals surface area contributed by atoms with Crippen LogP contribution in [-0.4, -0.2) is 52.5 Å². The van der Waals surface area contributed by atoms with Crippen LogP contribution in [-0.2, 0) is 10.2 Å². The van der Waals surface area contributed by atoms with Gasteiger partial charge >= 0.3 is 0 Å². The molecule has 0 bridgehead atoms. The number of carbonyl (C=O) groups excluding carboxylic acids is 1. The minimum absolute atomic E-state index is 0.0149. The number of aliphatic hydroxyl groups is 3. The molecule has 1 aliphatic rings. The van der Waals surface area contributed by atoms with Crippen LogP contribution in [0.3, 0.4) is 0 Å². The molecule has 5 atom stereocenters. The molecule has 0 aliphatic carbocycles. The first-order valence-electron chi connectivity index (χ1n) is 12.4. The number of hydrogen-bond donors (Lipinski definition) is 4. The van der Waals surface area contributed by atoms with Gasteiger partial charge in [0.15, 0.2) is 0 Å². The summed E-state index contributed by atoms with van der Waals surface area (Å²) in [6.07, 6.45) is -0.453. The van der Waals surface area contributed by atoms with E-state index in [0.29, 0.717) is 0 Å². The molecule has 0 amide bonds. The molecule has 206 valence electrons. The number of nitriles is 1. The fourth-order valence-corrected chi connectivity index (χ4v) is 5.71. The van der Waals surface area contributed by atoms with Gasteiger partial charge in [-0.3, -0.25) is 4.79 Å². The van der Waals surface area contributed by atoms with Crippen molar-refractivity contribution in [3.63, 3.8) is 0 Å². The predicted molar refractivity (Wildman–Crippen MR) is 141 cm³/mol. The van der Waals surface area contributed by atoms with E-state index in [-0.39, 0.29) is 59.2 Å². The molecule has 1 aliphatic heterocycles. The Morgan fingerprint density at radius 3 is 2.55 bits per heavy atom. The molecule has 0 aromatic heterocycles. The first kappa shape index (κ1) is 30.4. The summed E-state index contributed by atoms with van der Waals surface area (Å²) < 4.78 is 31.2. The standard InChI is InChI=1S/C28H32Cl2F2N2O4/c1-27(2,15-36)12-23-28(14-33,19-10-9-16(29)11-21(19)31)24(18-6-4-7-20(30)25(18)32)26(34-23)22(38)8-3-5-17(37)13-35/h4,6-7,9-11,17,23-24,26,34-37H,3,5,8,12-13,15H2,1-2H3/t17-,23-,24-,26-,28-/m0/s1. The van der Waals surface area contributed by atoms with Crippen molar-refractivity contribution in [2.24, 2.45) is 5.41 Å². The second kappa shape index (κ2) is 12.4. The molecule has 1 heterocycles. The van der Waals surface area contributed by atoms with Gasteiger partial charge in [0.2, 0.25) is 0 Å². The summed E-state index contributed by atoms with van der Waals surface area (Å²) in [4.78, 5) is 13.6. The molecule has 10 heteroatoms. The van der Waals surface area contributed by atoms with Gasteiger partial charge < -0.3 is 20.6 Å². The third-order valence-electron chi connectivity index (χ3n) is 7.34. The van der Waals surface area contributed by atoms with Crippen LogP contribution in [0.15, 0.2) is 36.4 Å². The van der Waals surface area contributed by atoms with Crippen molar-refractivity contribution >= 4 is 29.0 Å². The van der Waals surface area contributed by atoms with E-state index in [0.717, 1.165) is 6.07 Å². The zero-order chi connectivity index (χ0) is 28.3. The molecule has 3 rings (SSSR count). The minimum Gasteiger partial charge on any atom is -0.396 e. The molecule has 1 saturated heterocycles. The number of nitrogens with zero attached hydrogens (tertiary/aromatic N) is 1. The zero-order valence-electron chi connectivity index (χ0n) is 21.2. The van der Waals surface area contributed by atoms with Crippen LogP contribution in [0, 0.1) is 28.4 Å². The third kappa shape index (κ3) is 6.04. The number of rotatable bonds is 11. The Hall–Kier alpha value is -2.12. The van der Waals surface area contributed by atoms with E-state index < -0.39 is 53.2 Å². The summed E-state index contributed by atoms with van der Waals surface area (Å²) in [5, 5.41) is 42.7. The van der Waals surface area contributed by atoms with Crippen LogP contribution in [0.4, 0.5) is 8.78 Å². The van der Waals surface area contributed by atoms with Crippen molar-refractivity contribution in [3.8, 4) is 6.07 Å². The largest absolute Gasteiger partial charge is 0.396 e. The molecule has 1 fully saturated rings.